The van der Waals surface area contributed by atoms with Gasteiger partial charge in [0.15, 0.2) is 11.6 Å². The van der Waals surface area contributed by atoms with Gasteiger partial charge < -0.3 is 0 Å². The van der Waals surface area contributed by atoms with Gasteiger partial charge in [-0.05, 0) is 55.9 Å². The Morgan fingerprint density at radius 3 is 1.66 bits per heavy atom. The van der Waals surface area contributed by atoms with Crippen molar-refractivity contribution in [2.45, 2.75) is 0 Å². The fraction of sp³-hybridized carbons (Fsp3) is 0. The van der Waals surface area contributed by atoms with Crippen LogP contribution in [-0.2, 0) is 0 Å². The maximum atomic E-state index is 5.29. The largest absolute Gasteiger partial charge is 0.277 e. The van der Waals surface area contributed by atoms with Gasteiger partial charge in [0.25, 0.3) is 0 Å². The lowest BCUT2D eigenvalue weighted by Gasteiger charge is -2.13. The zero-order valence-electron chi connectivity index (χ0n) is 25.3. The smallest absolute Gasteiger partial charge is 0.238 e. The molecule has 0 N–H and O–H groups in total. The van der Waals surface area contributed by atoms with Crippen LogP contribution in [0.4, 0.5) is 0 Å². The number of fused-ring (bicyclic) bond motifs is 10. The molecule has 4 nitrogen and oxygen atoms in total. The lowest BCUT2D eigenvalue weighted by molar-refractivity contribution is 0.956. The van der Waals surface area contributed by atoms with E-state index in [9.17, 15) is 0 Å². The maximum Gasteiger partial charge on any atom is 0.238 e. The van der Waals surface area contributed by atoms with Crippen LogP contribution in [0.25, 0.3) is 93.6 Å². The first-order valence-electron chi connectivity index (χ1n) is 15.9. The van der Waals surface area contributed by atoms with Crippen molar-refractivity contribution < 1.29 is 0 Å². The van der Waals surface area contributed by atoms with E-state index in [4.69, 9.17) is 15.0 Å². The van der Waals surface area contributed by atoms with Gasteiger partial charge in [0.05, 0.1) is 11.0 Å². The minimum atomic E-state index is 0.595. The van der Waals surface area contributed by atoms with Crippen molar-refractivity contribution >= 4 is 64.9 Å². The van der Waals surface area contributed by atoms with Gasteiger partial charge in [0.2, 0.25) is 5.95 Å². The second-order valence-electron chi connectivity index (χ2n) is 12.1. The summed E-state index contributed by atoms with van der Waals surface area (Å²) in [4.78, 5) is 15.6. The van der Waals surface area contributed by atoms with E-state index < -0.39 is 0 Å². The zero-order valence-corrected chi connectivity index (χ0v) is 25.3. The Morgan fingerprint density at radius 1 is 0.362 bits per heavy atom. The summed E-state index contributed by atoms with van der Waals surface area (Å²) in [7, 11) is 0. The molecule has 10 rings (SSSR count). The number of rotatable bonds is 3. The Balaban J connectivity index is 1.39. The van der Waals surface area contributed by atoms with E-state index in [1.807, 2.05) is 18.2 Å². The summed E-state index contributed by atoms with van der Waals surface area (Å²) in [6.07, 6.45) is 0. The monoisotopic (exact) mass is 598 g/mol. The molecule has 2 heterocycles. The molecule has 47 heavy (non-hydrogen) atoms. The quantitative estimate of drug-likeness (QED) is 0.190. The van der Waals surface area contributed by atoms with Gasteiger partial charge in [-0.2, -0.15) is 9.97 Å². The van der Waals surface area contributed by atoms with Gasteiger partial charge in [-0.25, -0.2) is 4.98 Å². The molecule has 0 aliphatic heterocycles. The number of hydrogen-bond acceptors (Lipinski definition) is 3. The average molecular weight is 599 g/mol. The molecular weight excluding hydrogens is 573 g/mol. The molecule has 0 aliphatic carbocycles. The molecule has 0 atom stereocenters. The summed E-state index contributed by atoms with van der Waals surface area (Å²) >= 11 is 0. The van der Waals surface area contributed by atoms with Gasteiger partial charge in [-0.3, -0.25) is 4.57 Å². The van der Waals surface area contributed by atoms with Crippen molar-refractivity contribution in [1.29, 1.82) is 0 Å². The molecule has 0 amide bonds. The van der Waals surface area contributed by atoms with Crippen molar-refractivity contribution in [3.8, 4) is 28.7 Å². The molecule has 0 radical (unpaired) electrons. The van der Waals surface area contributed by atoms with Crippen molar-refractivity contribution in [3.05, 3.63) is 158 Å². The van der Waals surface area contributed by atoms with E-state index >= 15 is 0 Å². The van der Waals surface area contributed by atoms with E-state index in [1.165, 1.54) is 43.1 Å². The number of aromatic nitrogens is 4. The summed E-state index contributed by atoms with van der Waals surface area (Å²) in [5, 5.41) is 11.9. The highest BCUT2D eigenvalue weighted by atomic mass is 15.2. The summed E-state index contributed by atoms with van der Waals surface area (Å²) in [5.74, 6) is 1.87. The molecular formula is C43H26N4. The number of benzene rings is 8. The minimum Gasteiger partial charge on any atom is -0.277 e. The van der Waals surface area contributed by atoms with Crippen LogP contribution < -0.4 is 0 Å². The fourth-order valence-electron chi connectivity index (χ4n) is 7.21. The van der Waals surface area contributed by atoms with E-state index in [1.54, 1.807) is 0 Å². The highest BCUT2D eigenvalue weighted by Gasteiger charge is 2.22. The lowest BCUT2D eigenvalue weighted by Crippen LogP contribution is -2.06. The first kappa shape index (κ1) is 25.9. The zero-order chi connectivity index (χ0) is 30.9. The van der Waals surface area contributed by atoms with E-state index in [2.05, 4.69) is 144 Å². The van der Waals surface area contributed by atoms with E-state index in [-0.39, 0.29) is 0 Å². The molecule has 10 aromatic rings. The molecule has 8 aromatic carbocycles. The highest BCUT2D eigenvalue weighted by molar-refractivity contribution is 6.32. The first-order chi connectivity index (χ1) is 23.3. The van der Waals surface area contributed by atoms with Crippen LogP contribution in [-0.4, -0.2) is 19.5 Å². The van der Waals surface area contributed by atoms with Crippen molar-refractivity contribution in [2.75, 3.05) is 0 Å². The van der Waals surface area contributed by atoms with Crippen LogP contribution in [0.2, 0.25) is 0 Å². The van der Waals surface area contributed by atoms with Gasteiger partial charge in [-0.1, -0.05) is 140 Å². The molecule has 0 bridgehead atoms. The molecule has 0 saturated carbocycles. The van der Waals surface area contributed by atoms with Crippen LogP contribution in [0.1, 0.15) is 0 Å². The fourth-order valence-corrected chi connectivity index (χ4v) is 7.21. The standard InChI is InChI=1S/C43H26N4/c1-2-13-28(14-3-1)41-44-42(32-23-22-27-12-4-5-15-29(27)24-32)46-43(45-41)47-38-26-31-17-7-6-16-30(31)25-37(38)39-35-20-10-8-18-33(35)34-19-9-11-21-36(34)40(39)47/h1-26H. The van der Waals surface area contributed by atoms with Crippen LogP contribution in [0.15, 0.2) is 158 Å². The SMILES string of the molecule is c1ccc(-c2nc(-c3ccc4ccccc4c3)nc(-n3c4cc5ccccc5cc4c4c5ccccc5c5ccccc5c43)n2)cc1. The maximum absolute atomic E-state index is 5.29. The Kier molecular flexibility index (Phi) is 5.54. The van der Waals surface area contributed by atoms with Crippen molar-refractivity contribution in [2.24, 2.45) is 0 Å². The predicted octanol–water partition coefficient (Wildman–Crippen LogP) is 10.9. The van der Waals surface area contributed by atoms with Crippen LogP contribution in [0, 0.1) is 0 Å². The molecule has 218 valence electrons. The van der Waals surface area contributed by atoms with E-state index in [0.29, 0.717) is 17.6 Å². The Hall–Kier alpha value is -6.39. The topological polar surface area (TPSA) is 43.6 Å². The lowest BCUT2D eigenvalue weighted by atomic mass is 9.96. The molecule has 4 heteroatoms. The molecule has 0 spiro atoms. The van der Waals surface area contributed by atoms with E-state index in [0.717, 1.165) is 32.9 Å². The Labute approximate surface area is 270 Å². The highest BCUT2D eigenvalue weighted by Crippen LogP contribution is 2.43. The molecule has 0 fully saturated rings. The minimum absolute atomic E-state index is 0.595. The summed E-state index contributed by atoms with van der Waals surface area (Å²) < 4.78 is 2.27. The third-order valence-corrected chi connectivity index (χ3v) is 9.37. The second-order valence-corrected chi connectivity index (χ2v) is 12.1. The summed E-state index contributed by atoms with van der Waals surface area (Å²) in [6, 6.07) is 55.6. The normalized spacial score (nSPS) is 11.8. The van der Waals surface area contributed by atoms with Crippen LogP contribution in [0.5, 0.6) is 0 Å². The van der Waals surface area contributed by atoms with Gasteiger partial charge in [0.1, 0.15) is 0 Å². The molecule has 0 unspecified atom stereocenters. The van der Waals surface area contributed by atoms with Gasteiger partial charge >= 0.3 is 0 Å². The van der Waals surface area contributed by atoms with Gasteiger partial charge in [-0.15, -0.1) is 0 Å². The first-order valence-corrected chi connectivity index (χ1v) is 15.9. The average Bonchev–Trinajstić information content (AvgIpc) is 3.48. The third-order valence-electron chi connectivity index (χ3n) is 9.37. The third kappa shape index (κ3) is 3.98. The second kappa shape index (κ2) is 10.1. The van der Waals surface area contributed by atoms with Gasteiger partial charge in [0, 0.05) is 27.3 Å². The predicted molar refractivity (Wildman–Crippen MR) is 195 cm³/mol. The van der Waals surface area contributed by atoms with Crippen molar-refractivity contribution in [1.82, 2.24) is 19.5 Å². The van der Waals surface area contributed by atoms with Crippen LogP contribution >= 0.6 is 0 Å². The summed E-state index contributed by atoms with van der Waals surface area (Å²) in [6.45, 7) is 0. The molecule has 2 aromatic heterocycles. The van der Waals surface area contributed by atoms with Crippen LogP contribution in [0.3, 0.4) is 0 Å². The summed E-state index contributed by atoms with van der Waals surface area (Å²) in [5.41, 5.74) is 4.06. The number of nitrogens with zero attached hydrogens (tertiary/aromatic N) is 4. The Morgan fingerprint density at radius 2 is 0.915 bits per heavy atom. The number of hydrogen-bond donors (Lipinski definition) is 0. The molecule has 0 aliphatic rings. The molecule has 0 saturated heterocycles. The Bertz CT molecular complexity index is 2850. The van der Waals surface area contributed by atoms with Crippen molar-refractivity contribution in [3.63, 3.8) is 0 Å².